The normalized spacial score (nSPS) is 8.00. The lowest BCUT2D eigenvalue weighted by molar-refractivity contribution is -0.106. The summed E-state index contributed by atoms with van der Waals surface area (Å²) in [5.74, 6) is 0. The highest BCUT2D eigenvalue weighted by atomic mass is 32.1. The van der Waals surface area contributed by atoms with Gasteiger partial charge < -0.3 is 4.79 Å². The summed E-state index contributed by atoms with van der Waals surface area (Å²) in [6.07, 6.45) is 3.58. The molecule has 0 amide bonds. The van der Waals surface area contributed by atoms with E-state index in [-0.39, 0.29) is 0 Å². The van der Waals surface area contributed by atoms with Crippen LogP contribution in [0.4, 0.5) is 0 Å². The molecule has 2 heteroatoms. The molecule has 1 nitrogen and oxygen atoms in total. The fourth-order valence-electron chi connectivity index (χ4n) is 0.337. The molecule has 0 N–H and O–H groups in total. The van der Waals surface area contributed by atoms with E-state index in [1.165, 1.54) is 0 Å². The summed E-state index contributed by atoms with van der Waals surface area (Å²) in [7, 11) is 0. The van der Waals surface area contributed by atoms with Gasteiger partial charge in [0.2, 0.25) is 0 Å². The summed E-state index contributed by atoms with van der Waals surface area (Å²) < 4.78 is 0. The molecule has 8 heavy (non-hydrogen) atoms. The van der Waals surface area contributed by atoms with Crippen LogP contribution in [0.25, 0.3) is 0 Å². The first-order chi connectivity index (χ1) is 3.81. The van der Waals surface area contributed by atoms with Crippen molar-refractivity contribution in [3.63, 3.8) is 0 Å². The molecule has 0 saturated carbocycles. The third kappa shape index (κ3) is 3.68. The van der Waals surface area contributed by atoms with Crippen LogP contribution in [0.5, 0.6) is 0 Å². The topological polar surface area (TPSA) is 17.1 Å². The minimum atomic E-state index is 0.390. The molecule has 44 valence electrons. The number of rotatable bonds is 4. The molecule has 0 bridgehead atoms. The van der Waals surface area contributed by atoms with Gasteiger partial charge in [0.05, 0.1) is 0 Å². The molecule has 0 fully saturated rings. The van der Waals surface area contributed by atoms with E-state index in [4.69, 9.17) is 12.2 Å². The molecule has 0 aliphatic carbocycles. The van der Waals surface area contributed by atoms with E-state index in [0.29, 0.717) is 12.8 Å². The first-order valence-corrected chi connectivity index (χ1v) is 2.78. The number of aldehydes is 1. The third-order valence-electron chi connectivity index (χ3n) is 0.683. The number of hydrogen-bond donors (Lipinski definition) is 0. The highest BCUT2D eigenvalue weighted by Crippen LogP contribution is 1.89. The summed E-state index contributed by atoms with van der Waals surface area (Å²) in [6.45, 7) is 3.48. The lowest BCUT2D eigenvalue weighted by Gasteiger charge is -1.87. The molecule has 0 unspecified atom stereocenters. The van der Waals surface area contributed by atoms with Crippen LogP contribution < -0.4 is 0 Å². The van der Waals surface area contributed by atoms with Crippen molar-refractivity contribution in [2.45, 2.75) is 12.8 Å². The molecule has 0 rings (SSSR count). The maximum absolute atomic E-state index is 9.77. The molecule has 0 aromatic heterocycles. The highest BCUT2D eigenvalue weighted by Gasteiger charge is 1.88. The SMILES string of the molecule is C=CCC(=S)CC=O. The maximum atomic E-state index is 9.77. The Morgan fingerprint density at radius 2 is 2.25 bits per heavy atom. The highest BCUT2D eigenvalue weighted by molar-refractivity contribution is 7.80. The van der Waals surface area contributed by atoms with E-state index in [1.54, 1.807) is 6.08 Å². The minimum Gasteiger partial charge on any atom is -0.303 e. The van der Waals surface area contributed by atoms with Gasteiger partial charge in [0.25, 0.3) is 0 Å². The molecule has 0 aliphatic rings. The molecule has 0 aromatic carbocycles. The summed E-state index contributed by atoms with van der Waals surface area (Å²) >= 11 is 4.75. The van der Waals surface area contributed by atoms with E-state index in [2.05, 4.69) is 6.58 Å². The first-order valence-electron chi connectivity index (χ1n) is 2.37. The van der Waals surface area contributed by atoms with Crippen molar-refractivity contribution in [3.8, 4) is 0 Å². The molecule has 0 heterocycles. The monoisotopic (exact) mass is 128 g/mol. The van der Waals surface area contributed by atoms with Crippen LogP contribution in [0.1, 0.15) is 12.8 Å². The molecule has 0 atom stereocenters. The standard InChI is InChI=1S/C6H8OS/c1-2-3-6(8)4-5-7/h2,5H,1,3-4H2. The lowest BCUT2D eigenvalue weighted by Crippen LogP contribution is -1.91. The Kier molecular flexibility index (Phi) is 4.36. The fraction of sp³-hybridized carbons (Fsp3) is 0.333. The smallest absolute Gasteiger partial charge is 0.124 e. The van der Waals surface area contributed by atoms with Crippen LogP contribution in [0, 0.1) is 0 Å². The second kappa shape index (κ2) is 4.65. The second-order valence-corrected chi connectivity index (χ2v) is 1.98. The Morgan fingerprint density at radius 1 is 1.62 bits per heavy atom. The van der Waals surface area contributed by atoms with Gasteiger partial charge in [-0.3, -0.25) is 0 Å². The maximum Gasteiger partial charge on any atom is 0.124 e. The van der Waals surface area contributed by atoms with Gasteiger partial charge in [0.15, 0.2) is 0 Å². The van der Waals surface area contributed by atoms with Crippen molar-refractivity contribution in [2.75, 3.05) is 0 Å². The van der Waals surface area contributed by atoms with Crippen LogP contribution in [0.2, 0.25) is 0 Å². The van der Waals surface area contributed by atoms with Gasteiger partial charge >= 0.3 is 0 Å². The van der Waals surface area contributed by atoms with Crippen molar-refractivity contribution in [1.29, 1.82) is 0 Å². The number of thiocarbonyl (C=S) groups is 1. The van der Waals surface area contributed by atoms with E-state index in [9.17, 15) is 4.79 Å². The zero-order valence-corrected chi connectivity index (χ0v) is 5.41. The van der Waals surface area contributed by atoms with Gasteiger partial charge in [-0.05, 0) is 6.42 Å². The zero-order valence-electron chi connectivity index (χ0n) is 4.59. The summed E-state index contributed by atoms with van der Waals surface area (Å²) in [4.78, 5) is 10.5. The van der Waals surface area contributed by atoms with Crippen LogP contribution in [0.3, 0.4) is 0 Å². The lowest BCUT2D eigenvalue weighted by atomic mass is 10.2. The van der Waals surface area contributed by atoms with Crippen molar-refractivity contribution >= 4 is 23.4 Å². The van der Waals surface area contributed by atoms with Crippen LogP contribution in [0.15, 0.2) is 12.7 Å². The molecular weight excluding hydrogens is 120 g/mol. The van der Waals surface area contributed by atoms with E-state index in [1.807, 2.05) is 0 Å². The molecule has 0 saturated heterocycles. The Balaban J connectivity index is 3.32. The summed E-state index contributed by atoms with van der Waals surface area (Å²) in [6, 6.07) is 0. The average molecular weight is 128 g/mol. The second-order valence-electron chi connectivity index (χ2n) is 1.40. The molecule has 0 spiro atoms. The van der Waals surface area contributed by atoms with Crippen molar-refractivity contribution in [1.82, 2.24) is 0 Å². The Morgan fingerprint density at radius 3 is 2.62 bits per heavy atom. The van der Waals surface area contributed by atoms with Gasteiger partial charge in [-0.15, -0.1) is 6.58 Å². The molecular formula is C6H8OS. The summed E-state index contributed by atoms with van der Waals surface area (Å²) in [5, 5.41) is 0. The Hall–Kier alpha value is -0.500. The predicted octanol–water partition coefficient (Wildman–Crippen LogP) is 1.52. The number of carbonyl (C=O) groups excluding carboxylic acids is 1. The van der Waals surface area contributed by atoms with Gasteiger partial charge in [-0.25, -0.2) is 0 Å². The van der Waals surface area contributed by atoms with E-state index >= 15 is 0 Å². The molecule has 0 aromatic rings. The van der Waals surface area contributed by atoms with Gasteiger partial charge in [-0.2, -0.15) is 0 Å². The summed E-state index contributed by atoms with van der Waals surface area (Å²) in [5.41, 5.74) is 0. The zero-order chi connectivity index (χ0) is 6.41. The molecule has 0 radical (unpaired) electrons. The van der Waals surface area contributed by atoms with Gasteiger partial charge in [-0.1, -0.05) is 18.3 Å². The first kappa shape index (κ1) is 7.50. The molecule has 0 aliphatic heterocycles. The Bertz CT molecular complexity index is 95.1. The predicted molar refractivity (Wildman–Crippen MR) is 38.1 cm³/mol. The van der Waals surface area contributed by atoms with Crippen LogP contribution in [-0.4, -0.2) is 11.2 Å². The number of allylic oxidation sites excluding steroid dienone is 1. The van der Waals surface area contributed by atoms with Gasteiger partial charge in [0.1, 0.15) is 6.29 Å². The van der Waals surface area contributed by atoms with Crippen molar-refractivity contribution in [3.05, 3.63) is 12.7 Å². The van der Waals surface area contributed by atoms with E-state index < -0.39 is 0 Å². The number of hydrogen-bond acceptors (Lipinski definition) is 2. The number of carbonyl (C=O) groups is 1. The Labute approximate surface area is 54.4 Å². The van der Waals surface area contributed by atoms with Crippen molar-refractivity contribution < 1.29 is 4.79 Å². The van der Waals surface area contributed by atoms with Crippen LogP contribution >= 0.6 is 12.2 Å². The average Bonchev–Trinajstić information content (AvgIpc) is 1.68. The quantitative estimate of drug-likeness (QED) is 0.324. The third-order valence-corrected chi connectivity index (χ3v) is 1.02. The van der Waals surface area contributed by atoms with E-state index in [0.717, 1.165) is 11.2 Å². The van der Waals surface area contributed by atoms with Crippen molar-refractivity contribution in [2.24, 2.45) is 0 Å². The van der Waals surface area contributed by atoms with Gasteiger partial charge in [0, 0.05) is 11.3 Å². The largest absolute Gasteiger partial charge is 0.303 e. The fourth-order valence-corrected chi connectivity index (χ4v) is 0.523. The minimum absolute atomic E-state index is 0.390. The van der Waals surface area contributed by atoms with Crippen LogP contribution in [-0.2, 0) is 4.79 Å².